The molecular weight excluding hydrogens is 531 g/mol. The zero-order chi connectivity index (χ0) is 29.4. The summed E-state index contributed by atoms with van der Waals surface area (Å²) in [6.07, 6.45) is -5.42. The third-order valence-electron chi connectivity index (χ3n) is 6.66. The largest absolute Gasteiger partial charge is 0.416 e. The van der Waals surface area contributed by atoms with Gasteiger partial charge in [-0.3, -0.25) is 4.79 Å². The van der Waals surface area contributed by atoms with E-state index >= 15 is 0 Å². The van der Waals surface area contributed by atoms with Gasteiger partial charge in [-0.2, -0.15) is 13.2 Å². The van der Waals surface area contributed by atoms with E-state index in [1.54, 1.807) is 24.3 Å². The van der Waals surface area contributed by atoms with E-state index in [2.05, 4.69) is 16.0 Å². The van der Waals surface area contributed by atoms with Crippen molar-refractivity contribution in [2.75, 3.05) is 30.8 Å². The highest BCUT2D eigenvalue weighted by atomic mass is 19.4. The average Bonchev–Trinajstić information content (AvgIpc) is 2.97. The van der Waals surface area contributed by atoms with E-state index in [9.17, 15) is 23.1 Å². The maximum absolute atomic E-state index is 13.2. The third kappa shape index (κ3) is 7.73. The Morgan fingerprint density at radius 1 is 0.854 bits per heavy atom. The van der Waals surface area contributed by atoms with Crippen LogP contribution in [0.5, 0.6) is 0 Å². The first kappa shape index (κ1) is 29.8. The standard InChI is InChI=1S/C32H32F3N3O3/c1-21-7-6-10-27(28(21)22-11-13-24(14-12-22)32(33,34)35)30(39)38-26-17-15-25(16-18-26)36-19-20-37-29(31(40)41-2)23-8-4-3-5-9-23/h3-18,29,31,36-37,40H,19-20H2,1-2H3,(H,38,39). The second-order valence-corrected chi connectivity index (χ2v) is 9.50. The summed E-state index contributed by atoms with van der Waals surface area (Å²) in [5.41, 5.74) is 3.84. The van der Waals surface area contributed by atoms with Gasteiger partial charge in [-0.25, -0.2) is 0 Å². The Morgan fingerprint density at radius 3 is 2.15 bits per heavy atom. The van der Waals surface area contributed by atoms with Crippen LogP contribution in [0.3, 0.4) is 0 Å². The molecule has 2 atom stereocenters. The van der Waals surface area contributed by atoms with E-state index in [-0.39, 0.29) is 11.9 Å². The quantitative estimate of drug-likeness (QED) is 0.122. The summed E-state index contributed by atoms with van der Waals surface area (Å²) < 4.78 is 44.2. The first-order valence-electron chi connectivity index (χ1n) is 13.1. The molecule has 41 heavy (non-hydrogen) atoms. The van der Waals surface area contributed by atoms with Crippen molar-refractivity contribution in [2.24, 2.45) is 0 Å². The van der Waals surface area contributed by atoms with E-state index < -0.39 is 18.0 Å². The predicted molar refractivity (Wildman–Crippen MR) is 155 cm³/mol. The molecule has 0 fully saturated rings. The summed E-state index contributed by atoms with van der Waals surface area (Å²) in [5.74, 6) is -0.364. The average molecular weight is 564 g/mol. The maximum Gasteiger partial charge on any atom is 0.416 e. The van der Waals surface area contributed by atoms with Gasteiger partial charge in [-0.1, -0.05) is 54.6 Å². The number of hydrogen-bond donors (Lipinski definition) is 4. The van der Waals surface area contributed by atoms with Crippen molar-refractivity contribution in [3.63, 3.8) is 0 Å². The molecule has 4 N–H and O–H groups in total. The molecule has 0 aliphatic rings. The van der Waals surface area contributed by atoms with Crippen molar-refractivity contribution >= 4 is 17.3 Å². The molecule has 0 aromatic heterocycles. The second-order valence-electron chi connectivity index (χ2n) is 9.50. The number of halogens is 3. The number of nitrogens with one attached hydrogen (secondary N) is 3. The number of aliphatic hydroxyl groups is 1. The Bertz CT molecular complexity index is 1430. The van der Waals surface area contributed by atoms with Crippen LogP contribution in [0.1, 0.15) is 33.1 Å². The Labute approximate surface area is 237 Å². The molecule has 2 unspecified atom stereocenters. The van der Waals surface area contributed by atoms with Gasteiger partial charge in [-0.15, -0.1) is 0 Å². The molecule has 4 rings (SSSR count). The highest BCUT2D eigenvalue weighted by Crippen LogP contribution is 2.33. The normalized spacial score (nSPS) is 12.9. The first-order chi connectivity index (χ1) is 19.7. The molecule has 214 valence electrons. The fourth-order valence-corrected chi connectivity index (χ4v) is 4.55. The van der Waals surface area contributed by atoms with Gasteiger partial charge in [0.25, 0.3) is 5.91 Å². The molecule has 0 aliphatic carbocycles. The van der Waals surface area contributed by atoms with Crippen LogP contribution >= 0.6 is 0 Å². The molecule has 1 amide bonds. The molecule has 0 aliphatic heterocycles. The van der Waals surface area contributed by atoms with Crippen molar-refractivity contribution in [1.29, 1.82) is 0 Å². The van der Waals surface area contributed by atoms with Gasteiger partial charge in [-0.05, 0) is 71.6 Å². The smallest absolute Gasteiger partial charge is 0.384 e. The molecule has 0 saturated carbocycles. The number of aliphatic hydroxyl groups excluding tert-OH is 1. The summed E-state index contributed by atoms with van der Waals surface area (Å²) in [7, 11) is 1.45. The molecule has 0 saturated heterocycles. The number of anilines is 2. The molecule has 0 spiro atoms. The Balaban J connectivity index is 1.37. The molecule has 9 heteroatoms. The van der Waals surface area contributed by atoms with Crippen LogP contribution in [0.2, 0.25) is 0 Å². The number of benzene rings is 4. The Hall–Kier alpha value is -4.18. The zero-order valence-corrected chi connectivity index (χ0v) is 22.7. The summed E-state index contributed by atoms with van der Waals surface area (Å²) in [4.78, 5) is 13.2. The van der Waals surface area contributed by atoms with E-state index in [4.69, 9.17) is 4.74 Å². The molecule has 4 aromatic rings. The molecule has 0 bridgehead atoms. The minimum absolute atomic E-state index is 0.364. The van der Waals surface area contributed by atoms with Crippen LogP contribution in [0.15, 0.2) is 97.1 Å². The lowest BCUT2D eigenvalue weighted by atomic mass is 9.94. The molecular formula is C32H32F3N3O3. The van der Waals surface area contributed by atoms with Crippen molar-refractivity contribution in [3.05, 3.63) is 119 Å². The van der Waals surface area contributed by atoms with Crippen molar-refractivity contribution in [1.82, 2.24) is 5.32 Å². The lowest BCUT2D eigenvalue weighted by Crippen LogP contribution is -2.35. The molecule has 4 aromatic carbocycles. The van der Waals surface area contributed by atoms with E-state index in [1.807, 2.05) is 55.5 Å². The number of amides is 1. The SMILES string of the molecule is COC(O)C(NCCNc1ccc(NC(=O)c2cccc(C)c2-c2ccc(C(F)(F)F)cc2)cc1)c1ccccc1. The number of ether oxygens (including phenoxy) is 1. The Morgan fingerprint density at radius 2 is 1.51 bits per heavy atom. The number of hydrogen-bond acceptors (Lipinski definition) is 5. The van der Waals surface area contributed by atoms with Gasteiger partial charge in [0.15, 0.2) is 6.29 Å². The Kier molecular flexibility index (Phi) is 9.78. The van der Waals surface area contributed by atoms with Crippen LogP contribution in [-0.2, 0) is 10.9 Å². The van der Waals surface area contributed by atoms with E-state index in [1.165, 1.54) is 19.2 Å². The summed E-state index contributed by atoms with van der Waals surface area (Å²) in [6, 6.07) is 26.4. The summed E-state index contributed by atoms with van der Waals surface area (Å²) in [5, 5.41) is 19.7. The molecule has 0 radical (unpaired) electrons. The zero-order valence-electron chi connectivity index (χ0n) is 22.7. The fraction of sp³-hybridized carbons (Fsp3) is 0.219. The van der Waals surface area contributed by atoms with Crippen molar-refractivity contribution in [2.45, 2.75) is 25.4 Å². The van der Waals surface area contributed by atoms with E-state index in [0.29, 0.717) is 35.5 Å². The first-order valence-corrected chi connectivity index (χ1v) is 13.1. The van der Waals surface area contributed by atoms with E-state index in [0.717, 1.165) is 28.9 Å². The van der Waals surface area contributed by atoms with Gasteiger partial charge in [0.1, 0.15) is 0 Å². The van der Waals surface area contributed by atoms with Crippen LogP contribution in [0.4, 0.5) is 24.5 Å². The van der Waals surface area contributed by atoms with Gasteiger partial charge < -0.3 is 25.8 Å². The van der Waals surface area contributed by atoms with Gasteiger partial charge >= 0.3 is 6.18 Å². The lowest BCUT2D eigenvalue weighted by molar-refractivity contribution is -0.137. The van der Waals surface area contributed by atoms with Crippen LogP contribution in [0, 0.1) is 6.92 Å². The van der Waals surface area contributed by atoms with Crippen molar-refractivity contribution in [3.8, 4) is 11.1 Å². The fourth-order valence-electron chi connectivity index (χ4n) is 4.55. The van der Waals surface area contributed by atoms with Crippen LogP contribution < -0.4 is 16.0 Å². The molecule has 6 nitrogen and oxygen atoms in total. The number of carbonyl (C=O) groups is 1. The van der Waals surface area contributed by atoms with Crippen LogP contribution in [-0.4, -0.2) is 37.5 Å². The van der Waals surface area contributed by atoms with Gasteiger partial charge in [0.2, 0.25) is 0 Å². The van der Waals surface area contributed by atoms with Gasteiger partial charge in [0.05, 0.1) is 11.6 Å². The summed E-state index contributed by atoms with van der Waals surface area (Å²) >= 11 is 0. The monoisotopic (exact) mass is 563 g/mol. The number of carbonyl (C=O) groups excluding carboxylic acids is 1. The van der Waals surface area contributed by atoms with Crippen molar-refractivity contribution < 1.29 is 27.8 Å². The van der Waals surface area contributed by atoms with Crippen LogP contribution in [0.25, 0.3) is 11.1 Å². The van der Waals surface area contributed by atoms with Gasteiger partial charge in [0, 0.05) is 37.1 Å². The summed E-state index contributed by atoms with van der Waals surface area (Å²) in [6.45, 7) is 2.95. The highest BCUT2D eigenvalue weighted by Gasteiger charge is 2.30. The number of aryl methyl sites for hydroxylation is 1. The number of methoxy groups -OCH3 is 1. The minimum atomic E-state index is -4.43. The third-order valence-corrected chi connectivity index (χ3v) is 6.66. The minimum Gasteiger partial charge on any atom is -0.384 e. The predicted octanol–water partition coefficient (Wildman–Crippen LogP) is 6.64. The molecule has 0 heterocycles. The second kappa shape index (κ2) is 13.5. The number of rotatable bonds is 11. The topological polar surface area (TPSA) is 82.6 Å². The lowest BCUT2D eigenvalue weighted by Gasteiger charge is -2.23. The maximum atomic E-state index is 13.2. The highest BCUT2D eigenvalue weighted by molar-refractivity contribution is 6.09. The number of alkyl halides is 3.